The van der Waals surface area contributed by atoms with Crippen LogP contribution in [0.25, 0.3) is 0 Å². The summed E-state index contributed by atoms with van der Waals surface area (Å²) in [4.78, 5) is 11.9. The number of carbonyl (C=O) groups is 1. The molecule has 0 aliphatic carbocycles. The van der Waals surface area contributed by atoms with Gasteiger partial charge < -0.3 is 10.1 Å². The highest BCUT2D eigenvalue weighted by molar-refractivity contribution is 7.92. The first-order valence-corrected chi connectivity index (χ1v) is 8.70. The predicted molar refractivity (Wildman–Crippen MR) is 84.8 cm³/mol. The second-order valence-electron chi connectivity index (χ2n) is 5.20. The molecule has 0 spiro atoms. The first-order chi connectivity index (χ1) is 12.0. The van der Waals surface area contributed by atoms with Crippen LogP contribution >= 0.6 is 0 Å². The zero-order valence-corrected chi connectivity index (χ0v) is 14.1. The third-order valence-electron chi connectivity index (χ3n) is 3.33. The zero-order chi connectivity index (χ0) is 19.5. The summed E-state index contributed by atoms with van der Waals surface area (Å²) in [5.41, 5.74) is 0.0886. The molecular formula is C16H13F4NO4S. The monoisotopic (exact) mass is 391 g/mol. The molecule has 0 saturated carbocycles. The fourth-order valence-corrected chi connectivity index (χ4v) is 3.22. The van der Waals surface area contributed by atoms with Crippen LogP contribution in [0.5, 0.6) is 5.75 Å². The summed E-state index contributed by atoms with van der Waals surface area (Å²) in [6.45, 7) is 1.15. The summed E-state index contributed by atoms with van der Waals surface area (Å²) >= 11 is 0. The maximum absolute atomic E-state index is 12.9. The van der Waals surface area contributed by atoms with E-state index in [1.807, 2.05) is 0 Å². The summed E-state index contributed by atoms with van der Waals surface area (Å²) in [5, 5.41) is 0.789. The summed E-state index contributed by atoms with van der Waals surface area (Å²) in [5.74, 6) is -2.00. The van der Waals surface area contributed by atoms with Gasteiger partial charge in [-0.1, -0.05) is 0 Å². The number of carbonyl (C=O) groups excluding carboxylic acids is 1. The highest BCUT2D eigenvalue weighted by Gasteiger charge is 2.31. The van der Waals surface area contributed by atoms with Gasteiger partial charge >= 0.3 is 6.36 Å². The molecule has 0 aliphatic heterocycles. The van der Waals surface area contributed by atoms with Crippen LogP contribution in [-0.2, 0) is 14.6 Å². The Bertz CT molecular complexity index is 878. The molecule has 0 fully saturated rings. The molecule has 10 heteroatoms. The average molecular weight is 391 g/mol. The number of alkyl halides is 3. The van der Waals surface area contributed by atoms with Crippen LogP contribution in [0.3, 0.4) is 0 Å². The Morgan fingerprint density at radius 3 is 2.08 bits per heavy atom. The largest absolute Gasteiger partial charge is 0.573 e. The molecule has 1 N–H and O–H groups in total. The van der Waals surface area contributed by atoms with Gasteiger partial charge in [-0.3, -0.25) is 4.79 Å². The van der Waals surface area contributed by atoms with Crippen molar-refractivity contribution in [1.82, 2.24) is 0 Å². The highest BCUT2D eigenvalue weighted by Crippen LogP contribution is 2.24. The second-order valence-corrected chi connectivity index (χ2v) is 7.47. The molecule has 5 nitrogen and oxygen atoms in total. The minimum absolute atomic E-state index is 0.0886. The number of nitrogens with one attached hydrogen (secondary N) is 1. The van der Waals surface area contributed by atoms with Crippen molar-refractivity contribution in [1.29, 1.82) is 0 Å². The lowest BCUT2D eigenvalue weighted by atomic mass is 10.3. The van der Waals surface area contributed by atoms with Crippen LogP contribution in [-0.4, -0.2) is 25.9 Å². The predicted octanol–water partition coefficient (Wildman–Crippen LogP) is 3.53. The normalized spacial score (nSPS) is 13.1. The van der Waals surface area contributed by atoms with Crippen molar-refractivity contribution in [2.75, 3.05) is 5.32 Å². The van der Waals surface area contributed by atoms with E-state index in [1.165, 1.54) is 0 Å². The number of sulfone groups is 1. The molecule has 2 aromatic carbocycles. The lowest BCUT2D eigenvalue weighted by Gasteiger charge is -2.14. The van der Waals surface area contributed by atoms with E-state index in [9.17, 15) is 30.8 Å². The molecular weight excluding hydrogens is 378 g/mol. The van der Waals surface area contributed by atoms with Gasteiger partial charge in [-0.05, 0) is 55.5 Å². The van der Waals surface area contributed by atoms with Crippen LogP contribution in [0, 0.1) is 5.82 Å². The lowest BCUT2D eigenvalue weighted by Crippen LogP contribution is -2.32. The summed E-state index contributed by atoms with van der Waals surface area (Å²) in [6.07, 6.45) is -4.84. The van der Waals surface area contributed by atoms with E-state index in [2.05, 4.69) is 10.1 Å². The first-order valence-electron chi connectivity index (χ1n) is 7.15. The number of anilines is 1. The first kappa shape index (κ1) is 19.7. The van der Waals surface area contributed by atoms with E-state index in [1.54, 1.807) is 0 Å². The van der Waals surface area contributed by atoms with E-state index in [4.69, 9.17) is 0 Å². The number of halogens is 4. The van der Waals surface area contributed by atoms with Gasteiger partial charge in [0.15, 0.2) is 9.84 Å². The van der Waals surface area contributed by atoms with Crippen molar-refractivity contribution in [3.05, 3.63) is 54.3 Å². The Hall–Kier alpha value is -2.62. The van der Waals surface area contributed by atoms with E-state index >= 15 is 0 Å². The Kier molecular flexibility index (Phi) is 5.55. The van der Waals surface area contributed by atoms with Gasteiger partial charge in [0.1, 0.15) is 16.8 Å². The molecule has 140 valence electrons. The van der Waals surface area contributed by atoms with Crippen LogP contribution < -0.4 is 10.1 Å². The van der Waals surface area contributed by atoms with Crippen LogP contribution in [0.1, 0.15) is 6.92 Å². The summed E-state index contributed by atoms with van der Waals surface area (Å²) in [7, 11) is -4.06. The minimum atomic E-state index is -4.84. The number of hydrogen-bond donors (Lipinski definition) is 1. The van der Waals surface area contributed by atoms with Crippen molar-refractivity contribution in [3.63, 3.8) is 0 Å². The molecule has 2 rings (SSSR count). The van der Waals surface area contributed by atoms with Crippen LogP contribution in [0.2, 0.25) is 0 Å². The maximum Gasteiger partial charge on any atom is 0.573 e. The molecule has 0 radical (unpaired) electrons. The van der Waals surface area contributed by atoms with Crippen molar-refractivity contribution in [3.8, 4) is 5.75 Å². The molecule has 1 amide bonds. The summed E-state index contributed by atoms with van der Waals surface area (Å²) < 4.78 is 77.6. The second kappa shape index (κ2) is 7.32. The number of benzene rings is 2. The van der Waals surface area contributed by atoms with Gasteiger partial charge in [0, 0.05) is 5.69 Å². The fraction of sp³-hybridized carbons (Fsp3) is 0.188. The van der Waals surface area contributed by atoms with Gasteiger partial charge in [0.2, 0.25) is 5.91 Å². The van der Waals surface area contributed by atoms with Crippen LogP contribution in [0.4, 0.5) is 23.2 Å². The minimum Gasteiger partial charge on any atom is -0.406 e. The quantitative estimate of drug-likeness (QED) is 0.625. The molecule has 26 heavy (non-hydrogen) atoms. The Balaban J connectivity index is 2.10. The molecule has 1 unspecified atom stereocenters. The van der Waals surface area contributed by atoms with Gasteiger partial charge in [0.25, 0.3) is 0 Å². The number of rotatable bonds is 5. The molecule has 1 atom stereocenters. The number of amides is 1. The third kappa shape index (κ3) is 4.94. The number of hydrogen-bond acceptors (Lipinski definition) is 4. The molecule has 2 aromatic rings. The van der Waals surface area contributed by atoms with Crippen molar-refractivity contribution >= 4 is 21.4 Å². The lowest BCUT2D eigenvalue weighted by molar-refractivity contribution is -0.274. The van der Waals surface area contributed by atoms with Gasteiger partial charge in [-0.2, -0.15) is 0 Å². The van der Waals surface area contributed by atoms with Crippen molar-refractivity contribution in [2.45, 2.75) is 23.4 Å². The molecule has 0 saturated heterocycles. The zero-order valence-electron chi connectivity index (χ0n) is 13.2. The standard InChI is InChI=1S/C16H13F4NO4S/c1-10(26(23,24)14-8-2-11(17)3-9-14)15(22)21-12-4-6-13(7-5-12)25-16(18,19)20/h2-10H,1H3,(H,21,22). The van der Waals surface area contributed by atoms with Gasteiger partial charge in [-0.15, -0.1) is 13.2 Å². The topological polar surface area (TPSA) is 72.5 Å². The maximum atomic E-state index is 12.9. The van der Waals surface area contributed by atoms with E-state index in [0.29, 0.717) is 0 Å². The Labute approximate surface area is 146 Å². The Morgan fingerprint density at radius 2 is 1.58 bits per heavy atom. The SMILES string of the molecule is CC(C(=O)Nc1ccc(OC(F)(F)F)cc1)S(=O)(=O)c1ccc(F)cc1. The van der Waals surface area contributed by atoms with Crippen LogP contribution in [0.15, 0.2) is 53.4 Å². The molecule has 0 heterocycles. The highest BCUT2D eigenvalue weighted by atomic mass is 32.2. The van der Waals surface area contributed by atoms with E-state index < -0.39 is 38.9 Å². The smallest absolute Gasteiger partial charge is 0.406 e. The molecule has 0 aromatic heterocycles. The van der Waals surface area contributed by atoms with Crippen molar-refractivity contribution < 1.29 is 35.5 Å². The summed E-state index contributed by atoms with van der Waals surface area (Å²) in [6, 6.07) is 8.21. The molecule has 0 aliphatic rings. The van der Waals surface area contributed by atoms with Gasteiger partial charge in [0.05, 0.1) is 4.90 Å². The van der Waals surface area contributed by atoms with Crippen molar-refractivity contribution in [2.24, 2.45) is 0 Å². The number of ether oxygens (including phenoxy) is 1. The van der Waals surface area contributed by atoms with E-state index in [0.717, 1.165) is 55.5 Å². The van der Waals surface area contributed by atoms with E-state index in [-0.39, 0.29) is 10.6 Å². The van der Waals surface area contributed by atoms with Gasteiger partial charge in [-0.25, -0.2) is 12.8 Å². The molecule has 0 bridgehead atoms. The average Bonchev–Trinajstić information content (AvgIpc) is 2.55. The fourth-order valence-electron chi connectivity index (χ4n) is 1.95. The third-order valence-corrected chi connectivity index (χ3v) is 5.41. The Morgan fingerprint density at radius 1 is 1.04 bits per heavy atom.